The molecule has 1 rings (SSSR count). The van der Waals surface area contributed by atoms with Crippen LogP contribution >= 0.6 is 0 Å². The van der Waals surface area contributed by atoms with Gasteiger partial charge in [-0.15, -0.1) is 0 Å². The molecule has 0 aromatic heterocycles. The maximum absolute atomic E-state index is 5.48. The molecule has 0 heterocycles. The number of rotatable bonds is 9. The Balaban J connectivity index is 2.41. The number of hydrogen-bond acceptors (Lipinski definition) is 3. The van der Waals surface area contributed by atoms with Gasteiger partial charge in [0.05, 0.1) is 7.11 Å². The maximum atomic E-state index is 5.48. The van der Waals surface area contributed by atoms with Gasteiger partial charge in [0.1, 0.15) is 5.76 Å². The van der Waals surface area contributed by atoms with E-state index in [1.807, 2.05) is 7.05 Å². The van der Waals surface area contributed by atoms with Crippen LogP contribution in [0.3, 0.4) is 0 Å². The molecule has 18 heavy (non-hydrogen) atoms. The highest BCUT2D eigenvalue weighted by atomic mass is 16.5. The third kappa shape index (κ3) is 5.23. The number of nitrogens with one attached hydrogen (secondary N) is 1. The molecule has 1 aliphatic carbocycles. The number of allylic oxidation sites excluding steroid dienone is 2. The van der Waals surface area contributed by atoms with Crippen LogP contribution in [0.2, 0.25) is 0 Å². The number of ether oxygens (including phenoxy) is 1. The Morgan fingerprint density at radius 2 is 2.22 bits per heavy atom. The van der Waals surface area contributed by atoms with Crippen molar-refractivity contribution in [1.29, 1.82) is 0 Å². The standard InChI is InChI=1S/C15H28N2O/c1-4-17(12-8-7-11-16-2)13-14-9-5-6-10-15(14)18-3/h5,9,16H,4,6-8,10-13H2,1-3H3. The molecule has 0 spiro atoms. The molecule has 0 aliphatic heterocycles. The summed E-state index contributed by atoms with van der Waals surface area (Å²) in [5, 5.41) is 3.20. The summed E-state index contributed by atoms with van der Waals surface area (Å²) in [4.78, 5) is 2.50. The molecule has 0 aromatic rings. The monoisotopic (exact) mass is 252 g/mol. The molecule has 0 radical (unpaired) electrons. The second kappa shape index (κ2) is 9.17. The van der Waals surface area contributed by atoms with Crippen LogP contribution in [-0.4, -0.2) is 45.2 Å². The summed E-state index contributed by atoms with van der Waals surface area (Å²) >= 11 is 0. The van der Waals surface area contributed by atoms with Crippen LogP contribution in [0.25, 0.3) is 0 Å². The van der Waals surface area contributed by atoms with E-state index in [4.69, 9.17) is 4.74 Å². The lowest BCUT2D eigenvalue weighted by Gasteiger charge is -2.23. The fraction of sp³-hybridized carbons (Fsp3) is 0.733. The number of methoxy groups -OCH3 is 1. The molecule has 0 fully saturated rings. The number of hydrogen-bond donors (Lipinski definition) is 1. The fourth-order valence-electron chi connectivity index (χ4n) is 2.29. The first kappa shape index (κ1) is 15.3. The minimum atomic E-state index is 1.02. The average Bonchev–Trinajstić information content (AvgIpc) is 2.42. The molecule has 0 atom stereocenters. The summed E-state index contributed by atoms with van der Waals surface area (Å²) in [6, 6.07) is 0. The van der Waals surface area contributed by atoms with Gasteiger partial charge in [0.15, 0.2) is 0 Å². The highest BCUT2D eigenvalue weighted by Crippen LogP contribution is 2.20. The lowest BCUT2D eigenvalue weighted by atomic mass is 10.0. The summed E-state index contributed by atoms with van der Waals surface area (Å²) in [5.74, 6) is 1.17. The van der Waals surface area contributed by atoms with Gasteiger partial charge in [-0.25, -0.2) is 0 Å². The van der Waals surface area contributed by atoms with Gasteiger partial charge in [-0.2, -0.15) is 0 Å². The molecule has 104 valence electrons. The zero-order chi connectivity index (χ0) is 13.2. The molecule has 0 aromatic carbocycles. The maximum Gasteiger partial charge on any atom is 0.100 e. The molecule has 1 aliphatic rings. The Kier molecular flexibility index (Phi) is 7.78. The topological polar surface area (TPSA) is 24.5 Å². The minimum Gasteiger partial charge on any atom is -0.501 e. The van der Waals surface area contributed by atoms with Gasteiger partial charge in [-0.1, -0.05) is 19.1 Å². The van der Waals surface area contributed by atoms with Crippen molar-refractivity contribution in [2.75, 3.05) is 40.3 Å². The Labute approximate surface area is 112 Å². The zero-order valence-electron chi connectivity index (χ0n) is 12.2. The highest BCUT2D eigenvalue weighted by molar-refractivity contribution is 5.27. The molecule has 0 saturated heterocycles. The van der Waals surface area contributed by atoms with Gasteiger partial charge in [0.2, 0.25) is 0 Å². The van der Waals surface area contributed by atoms with Crippen molar-refractivity contribution in [1.82, 2.24) is 10.2 Å². The first-order chi connectivity index (χ1) is 8.81. The molecule has 1 N–H and O–H groups in total. The lowest BCUT2D eigenvalue weighted by molar-refractivity contribution is 0.257. The van der Waals surface area contributed by atoms with Crippen molar-refractivity contribution < 1.29 is 4.74 Å². The molecule has 3 nitrogen and oxygen atoms in total. The van der Waals surface area contributed by atoms with E-state index in [0.29, 0.717) is 0 Å². The smallest absolute Gasteiger partial charge is 0.100 e. The quantitative estimate of drug-likeness (QED) is 0.638. The van der Waals surface area contributed by atoms with Crippen LogP contribution < -0.4 is 5.32 Å². The van der Waals surface area contributed by atoms with Gasteiger partial charge >= 0.3 is 0 Å². The third-order valence-corrected chi connectivity index (χ3v) is 3.45. The van der Waals surface area contributed by atoms with Crippen LogP contribution in [0.4, 0.5) is 0 Å². The number of nitrogens with zero attached hydrogens (tertiary/aromatic N) is 1. The fourth-order valence-corrected chi connectivity index (χ4v) is 2.29. The van der Waals surface area contributed by atoms with Crippen molar-refractivity contribution in [3.05, 3.63) is 23.5 Å². The molecule has 3 heteroatoms. The van der Waals surface area contributed by atoms with Crippen LogP contribution in [0.15, 0.2) is 23.5 Å². The van der Waals surface area contributed by atoms with Crippen LogP contribution in [0, 0.1) is 0 Å². The largest absolute Gasteiger partial charge is 0.501 e. The Morgan fingerprint density at radius 1 is 1.39 bits per heavy atom. The second-order valence-electron chi connectivity index (χ2n) is 4.77. The van der Waals surface area contributed by atoms with Crippen LogP contribution in [0.5, 0.6) is 0 Å². The van der Waals surface area contributed by atoms with Crippen molar-refractivity contribution in [3.63, 3.8) is 0 Å². The predicted octanol–water partition coefficient (Wildman–Crippen LogP) is 2.56. The summed E-state index contributed by atoms with van der Waals surface area (Å²) in [7, 11) is 3.80. The first-order valence-corrected chi connectivity index (χ1v) is 7.11. The summed E-state index contributed by atoms with van der Waals surface area (Å²) < 4.78 is 5.48. The van der Waals surface area contributed by atoms with E-state index in [2.05, 4.69) is 29.3 Å². The van der Waals surface area contributed by atoms with Crippen LogP contribution in [0.1, 0.15) is 32.6 Å². The third-order valence-electron chi connectivity index (χ3n) is 3.45. The number of unbranched alkanes of at least 4 members (excludes halogenated alkanes) is 1. The van der Waals surface area contributed by atoms with E-state index in [0.717, 1.165) is 32.5 Å². The van der Waals surface area contributed by atoms with Gasteiger partial charge in [-0.3, -0.25) is 4.90 Å². The predicted molar refractivity (Wildman–Crippen MR) is 77.7 cm³/mol. The Morgan fingerprint density at radius 3 is 2.89 bits per heavy atom. The molecule has 0 bridgehead atoms. The summed E-state index contributed by atoms with van der Waals surface area (Å²) in [6.45, 7) is 6.65. The van der Waals surface area contributed by atoms with E-state index >= 15 is 0 Å². The molecule has 0 unspecified atom stereocenters. The van der Waals surface area contributed by atoms with Gasteiger partial charge in [0, 0.05) is 18.5 Å². The lowest BCUT2D eigenvalue weighted by Crippen LogP contribution is -2.28. The highest BCUT2D eigenvalue weighted by Gasteiger charge is 2.12. The van der Waals surface area contributed by atoms with Gasteiger partial charge in [0.25, 0.3) is 0 Å². The van der Waals surface area contributed by atoms with Crippen molar-refractivity contribution in [2.45, 2.75) is 32.6 Å². The van der Waals surface area contributed by atoms with Crippen LogP contribution in [-0.2, 0) is 4.74 Å². The van der Waals surface area contributed by atoms with Crippen molar-refractivity contribution in [2.24, 2.45) is 0 Å². The molecular weight excluding hydrogens is 224 g/mol. The van der Waals surface area contributed by atoms with E-state index in [1.165, 1.54) is 30.7 Å². The number of likely N-dealkylation sites (N-methyl/N-ethyl adjacent to an activating group) is 1. The van der Waals surface area contributed by atoms with E-state index < -0.39 is 0 Å². The van der Waals surface area contributed by atoms with Gasteiger partial charge in [-0.05, 0) is 45.9 Å². The van der Waals surface area contributed by atoms with E-state index in [9.17, 15) is 0 Å². The Bertz CT molecular complexity index is 284. The molecular formula is C15H28N2O. The zero-order valence-corrected chi connectivity index (χ0v) is 12.2. The second-order valence-corrected chi connectivity index (χ2v) is 4.77. The van der Waals surface area contributed by atoms with E-state index in [-0.39, 0.29) is 0 Å². The molecule has 0 amide bonds. The van der Waals surface area contributed by atoms with Crippen molar-refractivity contribution >= 4 is 0 Å². The van der Waals surface area contributed by atoms with Crippen molar-refractivity contribution in [3.8, 4) is 0 Å². The molecule has 0 saturated carbocycles. The average molecular weight is 252 g/mol. The van der Waals surface area contributed by atoms with E-state index in [1.54, 1.807) is 7.11 Å². The Hall–Kier alpha value is -0.800. The minimum absolute atomic E-state index is 1.02. The van der Waals surface area contributed by atoms with Gasteiger partial charge < -0.3 is 10.1 Å². The first-order valence-electron chi connectivity index (χ1n) is 7.11. The summed E-state index contributed by atoms with van der Waals surface area (Å²) in [6.07, 6.45) is 9.17. The normalized spacial score (nSPS) is 15.6. The summed E-state index contributed by atoms with van der Waals surface area (Å²) in [5.41, 5.74) is 1.36. The SMILES string of the molecule is CCN(CCCCNC)CC1=C(OC)CCC=C1.